The number of aryl methyl sites for hydroxylation is 2. The second-order valence-corrected chi connectivity index (χ2v) is 8.13. The van der Waals surface area contributed by atoms with E-state index >= 15 is 0 Å². The highest BCUT2D eigenvalue weighted by Crippen LogP contribution is 2.28. The minimum atomic E-state index is 0.0121. The topological polar surface area (TPSA) is 48.7 Å². The van der Waals surface area contributed by atoms with Crippen LogP contribution in [0.15, 0.2) is 34.7 Å². The third-order valence-corrected chi connectivity index (χ3v) is 5.97. The summed E-state index contributed by atoms with van der Waals surface area (Å²) in [4.78, 5) is 17.9. The number of hydrogen-bond donors (Lipinski definition) is 1. The van der Waals surface area contributed by atoms with E-state index in [-0.39, 0.29) is 11.9 Å². The summed E-state index contributed by atoms with van der Waals surface area (Å²) in [5.74, 6) is 1.88. The van der Waals surface area contributed by atoms with Crippen LogP contribution in [0.25, 0.3) is 0 Å². The molecule has 1 aromatic carbocycles. The number of rotatable bonds is 6. The fourth-order valence-electron chi connectivity index (χ4n) is 4.45. The molecule has 5 heteroatoms. The van der Waals surface area contributed by atoms with Crippen molar-refractivity contribution in [3.05, 3.63) is 53.0 Å². The predicted molar refractivity (Wildman–Crippen MR) is 112 cm³/mol. The number of anilines is 1. The molecule has 1 N–H and O–H groups in total. The lowest BCUT2D eigenvalue weighted by molar-refractivity contribution is 0.0934. The van der Waals surface area contributed by atoms with Gasteiger partial charge in [-0.2, -0.15) is 0 Å². The Balaban J connectivity index is 1.51. The van der Waals surface area contributed by atoms with Gasteiger partial charge in [-0.05, 0) is 76.9 Å². The van der Waals surface area contributed by atoms with Crippen LogP contribution in [0.2, 0.25) is 0 Å². The quantitative estimate of drug-likeness (QED) is 0.820. The van der Waals surface area contributed by atoms with E-state index in [9.17, 15) is 4.79 Å². The molecule has 2 aromatic rings. The van der Waals surface area contributed by atoms with Crippen LogP contribution < -0.4 is 10.2 Å². The smallest absolute Gasteiger partial charge is 0.253 e. The number of benzene rings is 1. The molecule has 1 atom stereocenters. The molecule has 150 valence electrons. The molecule has 28 heavy (non-hydrogen) atoms. The summed E-state index contributed by atoms with van der Waals surface area (Å²) in [6.07, 6.45) is 4.82. The van der Waals surface area contributed by atoms with Crippen LogP contribution in [0.5, 0.6) is 0 Å². The lowest BCUT2D eigenvalue weighted by atomic mass is 10.1. The van der Waals surface area contributed by atoms with Gasteiger partial charge in [0.15, 0.2) is 0 Å². The molecule has 0 radical (unpaired) electrons. The molecule has 0 bridgehead atoms. The van der Waals surface area contributed by atoms with Crippen LogP contribution in [0, 0.1) is 13.8 Å². The summed E-state index contributed by atoms with van der Waals surface area (Å²) in [7, 11) is 0. The summed E-state index contributed by atoms with van der Waals surface area (Å²) in [5.41, 5.74) is 2.97. The molecule has 1 amide bonds. The number of furan rings is 1. The molecule has 2 aliphatic rings. The van der Waals surface area contributed by atoms with Gasteiger partial charge in [-0.15, -0.1) is 0 Å². The van der Waals surface area contributed by atoms with Crippen molar-refractivity contribution >= 4 is 11.6 Å². The van der Waals surface area contributed by atoms with Crippen LogP contribution in [0.4, 0.5) is 5.69 Å². The molecule has 2 saturated heterocycles. The SMILES string of the molecule is Cc1ccc(N2CCCC2)c(C(=O)NCC(c2ccc(C)o2)N2CCCC2)c1. The fourth-order valence-corrected chi connectivity index (χ4v) is 4.45. The maximum absolute atomic E-state index is 13.1. The Kier molecular flexibility index (Phi) is 5.72. The molecule has 2 fully saturated rings. The van der Waals surface area contributed by atoms with Crippen molar-refractivity contribution in [3.63, 3.8) is 0 Å². The van der Waals surface area contributed by atoms with Crippen LogP contribution in [-0.4, -0.2) is 43.5 Å². The van der Waals surface area contributed by atoms with Gasteiger partial charge >= 0.3 is 0 Å². The number of likely N-dealkylation sites (tertiary alicyclic amines) is 1. The molecule has 0 saturated carbocycles. The highest BCUT2D eigenvalue weighted by atomic mass is 16.3. The van der Waals surface area contributed by atoms with Crippen LogP contribution in [-0.2, 0) is 0 Å². The standard InChI is InChI=1S/C23H31N3O2/c1-17-7-9-20(25-11-3-4-12-25)19(15-17)23(27)24-16-21(26-13-5-6-14-26)22-10-8-18(2)28-22/h7-10,15,21H,3-6,11-14,16H2,1-2H3,(H,24,27). The first-order valence-electron chi connectivity index (χ1n) is 10.6. The van der Waals surface area contributed by atoms with Crippen LogP contribution in [0.1, 0.15) is 59.2 Å². The summed E-state index contributed by atoms with van der Waals surface area (Å²) in [5, 5.41) is 3.21. The van der Waals surface area contributed by atoms with Gasteiger partial charge in [-0.3, -0.25) is 9.69 Å². The Labute approximate surface area is 167 Å². The molecule has 5 nitrogen and oxygen atoms in total. The van der Waals surface area contributed by atoms with Crippen molar-refractivity contribution in [1.82, 2.24) is 10.2 Å². The molecule has 0 aliphatic carbocycles. The van der Waals surface area contributed by atoms with Gasteiger partial charge in [-0.25, -0.2) is 0 Å². The highest BCUT2D eigenvalue weighted by Gasteiger charge is 2.27. The molecule has 1 aromatic heterocycles. The number of nitrogens with one attached hydrogen (secondary N) is 1. The minimum absolute atomic E-state index is 0.0121. The van der Waals surface area contributed by atoms with Crippen LogP contribution in [0.3, 0.4) is 0 Å². The second-order valence-electron chi connectivity index (χ2n) is 8.13. The van der Waals surface area contributed by atoms with Crippen LogP contribution >= 0.6 is 0 Å². The maximum Gasteiger partial charge on any atom is 0.253 e. The zero-order valence-electron chi connectivity index (χ0n) is 17.0. The van der Waals surface area contributed by atoms with Crippen molar-refractivity contribution in [2.45, 2.75) is 45.6 Å². The first-order valence-corrected chi connectivity index (χ1v) is 10.6. The fraction of sp³-hybridized carbons (Fsp3) is 0.522. The van der Waals surface area contributed by atoms with Gasteiger partial charge in [0.25, 0.3) is 5.91 Å². The average Bonchev–Trinajstić information content (AvgIpc) is 3.45. The Bertz CT molecular complexity index is 817. The van der Waals surface area contributed by atoms with E-state index in [0.717, 1.165) is 54.5 Å². The van der Waals surface area contributed by atoms with Gasteiger partial charge in [-0.1, -0.05) is 11.6 Å². The van der Waals surface area contributed by atoms with Crippen molar-refractivity contribution < 1.29 is 9.21 Å². The zero-order valence-corrected chi connectivity index (χ0v) is 17.0. The van der Waals surface area contributed by atoms with Crippen molar-refractivity contribution in [2.75, 3.05) is 37.6 Å². The third kappa shape index (κ3) is 4.09. The van der Waals surface area contributed by atoms with E-state index in [1.54, 1.807) is 0 Å². The monoisotopic (exact) mass is 381 g/mol. The van der Waals surface area contributed by atoms with E-state index in [0.29, 0.717) is 6.54 Å². The summed E-state index contributed by atoms with van der Waals surface area (Å²) >= 11 is 0. The van der Waals surface area contributed by atoms with Gasteiger partial charge in [0, 0.05) is 25.3 Å². The lowest BCUT2D eigenvalue weighted by Crippen LogP contribution is -2.37. The Hall–Kier alpha value is -2.27. The lowest BCUT2D eigenvalue weighted by Gasteiger charge is -2.27. The Morgan fingerprint density at radius 2 is 1.75 bits per heavy atom. The zero-order chi connectivity index (χ0) is 19.5. The number of nitrogens with zero attached hydrogens (tertiary/aromatic N) is 2. The van der Waals surface area contributed by atoms with E-state index in [2.05, 4.69) is 27.2 Å². The van der Waals surface area contributed by atoms with E-state index in [1.807, 2.05) is 32.0 Å². The largest absolute Gasteiger partial charge is 0.465 e. The number of amides is 1. The molecular weight excluding hydrogens is 350 g/mol. The van der Waals surface area contributed by atoms with E-state index < -0.39 is 0 Å². The van der Waals surface area contributed by atoms with Crippen molar-refractivity contribution in [2.24, 2.45) is 0 Å². The number of carbonyl (C=O) groups is 1. The highest BCUT2D eigenvalue weighted by molar-refractivity contribution is 6.00. The maximum atomic E-state index is 13.1. The molecular formula is C23H31N3O2. The number of hydrogen-bond acceptors (Lipinski definition) is 4. The predicted octanol–water partition coefficient (Wildman–Crippen LogP) is 4.06. The van der Waals surface area contributed by atoms with Crippen molar-refractivity contribution in [1.29, 1.82) is 0 Å². The molecule has 0 spiro atoms. The average molecular weight is 382 g/mol. The summed E-state index contributed by atoms with van der Waals surface area (Å²) in [6.45, 7) is 8.77. The third-order valence-electron chi connectivity index (χ3n) is 5.97. The van der Waals surface area contributed by atoms with Gasteiger partial charge in [0.1, 0.15) is 11.5 Å². The Morgan fingerprint density at radius 1 is 1.04 bits per heavy atom. The van der Waals surface area contributed by atoms with E-state index in [1.165, 1.54) is 25.7 Å². The Morgan fingerprint density at radius 3 is 2.43 bits per heavy atom. The first-order chi connectivity index (χ1) is 13.6. The van der Waals surface area contributed by atoms with Gasteiger partial charge < -0.3 is 14.6 Å². The summed E-state index contributed by atoms with van der Waals surface area (Å²) in [6, 6.07) is 10.4. The van der Waals surface area contributed by atoms with E-state index in [4.69, 9.17) is 4.42 Å². The van der Waals surface area contributed by atoms with Gasteiger partial charge in [0.05, 0.1) is 11.6 Å². The molecule has 1 unspecified atom stereocenters. The number of carbonyl (C=O) groups excluding carboxylic acids is 1. The molecule has 2 aliphatic heterocycles. The summed E-state index contributed by atoms with van der Waals surface area (Å²) < 4.78 is 5.92. The molecule has 3 heterocycles. The first kappa shape index (κ1) is 19.1. The minimum Gasteiger partial charge on any atom is -0.465 e. The normalized spacial score (nSPS) is 18.6. The van der Waals surface area contributed by atoms with Crippen molar-refractivity contribution in [3.8, 4) is 0 Å². The van der Waals surface area contributed by atoms with Gasteiger partial charge in [0.2, 0.25) is 0 Å². The second kappa shape index (κ2) is 8.39. The molecule has 4 rings (SSSR count).